The van der Waals surface area contributed by atoms with Gasteiger partial charge in [-0.25, -0.2) is 14.8 Å². The number of carboxylic acids is 1. The number of thiophene rings is 1. The van der Waals surface area contributed by atoms with Crippen molar-refractivity contribution in [2.75, 3.05) is 5.32 Å². The number of carbonyl (C=O) groups is 1. The predicted molar refractivity (Wildman–Crippen MR) is 80.8 cm³/mol. The Morgan fingerprint density at radius 1 is 1.38 bits per heavy atom. The van der Waals surface area contributed by atoms with Gasteiger partial charge in [0, 0.05) is 4.88 Å². The molecule has 1 aliphatic carbocycles. The van der Waals surface area contributed by atoms with Crippen molar-refractivity contribution in [1.29, 1.82) is 0 Å². The van der Waals surface area contributed by atoms with Gasteiger partial charge < -0.3 is 15.5 Å². The Hall–Kier alpha value is -1.73. The third-order valence-corrected chi connectivity index (χ3v) is 4.99. The monoisotopic (exact) mass is 307 g/mol. The highest BCUT2D eigenvalue weighted by Gasteiger charge is 2.26. The fraction of sp³-hybridized carbons (Fsp3) is 0.500. The van der Waals surface area contributed by atoms with Crippen molar-refractivity contribution in [2.45, 2.75) is 44.8 Å². The Bertz CT molecular complexity index is 683. The Labute approximate surface area is 125 Å². The van der Waals surface area contributed by atoms with Crippen LogP contribution in [-0.2, 0) is 17.6 Å². The lowest BCUT2D eigenvalue weighted by molar-refractivity contribution is -0.140. The first kappa shape index (κ1) is 14.2. The summed E-state index contributed by atoms with van der Waals surface area (Å²) in [4.78, 5) is 22.0. The number of nitrogens with zero attached hydrogens (tertiary/aromatic N) is 2. The zero-order valence-electron chi connectivity index (χ0n) is 11.7. The molecular formula is C14H17N3O3S. The molecule has 2 heterocycles. The van der Waals surface area contributed by atoms with E-state index in [0.29, 0.717) is 5.82 Å². The van der Waals surface area contributed by atoms with E-state index in [4.69, 9.17) is 0 Å². The lowest BCUT2D eigenvalue weighted by Crippen LogP contribution is -2.39. The number of hydrogen-bond acceptors (Lipinski definition) is 6. The van der Waals surface area contributed by atoms with E-state index in [2.05, 4.69) is 15.3 Å². The first-order chi connectivity index (χ1) is 10.1. The quantitative estimate of drug-likeness (QED) is 0.797. The van der Waals surface area contributed by atoms with Gasteiger partial charge in [-0.2, -0.15) is 0 Å². The number of aryl methyl sites for hydroxylation is 2. The molecule has 6 nitrogen and oxygen atoms in total. The summed E-state index contributed by atoms with van der Waals surface area (Å²) in [6, 6.07) is -1.08. The van der Waals surface area contributed by atoms with Crippen LogP contribution in [0.3, 0.4) is 0 Å². The molecular weight excluding hydrogens is 290 g/mol. The van der Waals surface area contributed by atoms with E-state index < -0.39 is 18.1 Å². The number of fused-ring (bicyclic) bond motifs is 3. The first-order valence-corrected chi connectivity index (χ1v) is 7.82. The van der Waals surface area contributed by atoms with Gasteiger partial charge >= 0.3 is 5.97 Å². The van der Waals surface area contributed by atoms with E-state index in [1.807, 2.05) is 0 Å². The van der Waals surface area contributed by atoms with Crippen molar-refractivity contribution in [3.8, 4) is 0 Å². The van der Waals surface area contributed by atoms with Gasteiger partial charge in [0.05, 0.1) is 11.5 Å². The molecule has 0 aliphatic heterocycles. The van der Waals surface area contributed by atoms with Crippen molar-refractivity contribution in [1.82, 2.24) is 9.97 Å². The Morgan fingerprint density at radius 2 is 2.14 bits per heavy atom. The molecule has 3 rings (SSSR count). The van der Waals surface area contributed by atoms with Crippen molar-refractivity contribution < 1.29 is 15.0 Å². The second-order valence-electron chi connectivity index (χ2n) is 5.31. The van der Waals surface area contributed by atoms with E-state index in [1.54, 1.807) is 11.3 Å². The second kappa shape index (κ2) is 5.57. The van der Waals surface area contributed by atoms with E-state index in [9.17, 15) is 15.0 Å². The molecule has 2 aromatic rings. The van der Waals surface area contributed by atoms with Gasteiger partial charge in [-0.1, -0.05) is 0 Å². The summed E-state index contributed by atoms with van der Waals surface area (Å²) in [5.74, 6) is -0.589. The maximum absolute atomic E-state index is 11.2. The molecule has 0 bridgehead atoms. The third kappa shape index (κ3) is 2.58. The fourth-order valence-corrected chi connectivity index (χ4v) is 3.96. The number of aliphatic carboxylic acids is 1. The number of anilines is 1. The van der Waals surface area contributed by atoms with Crippen molar-refractivity contribution >= 4 is 33.3 Å². The molecule has 1 aliphatic rings. The highest BCUT2D eigenvalue weighted by Crippen LogP contribution is 2.38. The fourth-order valence-electron chi connectivity index (χ4n) is 2.74. The number of aliphatic hydroxyl groups excluding tert-OH is 1. The first-order valence-electron chi connectivity index (χ1n) is 7.00. The van der Waals surface area contributed by atoms with Gasteiger partial charge in [0.2, 0.25) is 0 Å². The summed E-state index contributed by atoms with van der Waals surface area (Å²) in [5.41, 5.74) is 1.24. The van der Waals surface area contributed by atoms with Crippen molar-refractivity contribution in [3.63, 3.8) is 0 Å². The molecule has 0 unspecified atom stereocenters. The minimum Gasteiger partial charge on any atom is -0.480 e. The van der Waals surface area contributed by atoms with E-state index in [0.717, 1.165) is 29.5 Å². The van der Waals surface area contributed by atoms with Crippen LogP contribution in [0.1, 0.15) is 30.2 Å². The largest absolute Gasteiger partial charge is 0.480 e. The topological polar surface area (TPSA) is 95.3 Å². The van der Waals surface area contributed by atoms with Crippen LogP contribution in [0.2, 0.25) is 0 Å². The number of aliphatic hydroxyl groups is 1. The summed E-state index contributed by atoms with van der Waals surface area (Å²) in [6.45, 7) is 1.45. The van der Waals surface area contributed by atoms with Crippen LogP contribution in [0.4, 0.5) is 5.82 Å². The maximum atomic E-state index is 11.2. The van der Waals surface area contributed by atoms with E-state index >= 15 is 0 Å². The van der Waals surface area contributed by atoms with Crippen molar-refractivity contribution in [3.05, 3.63) is 16.8 Å². The molecule has 0 amide bonds. The zero-order chi connectivity index (χ0) is 15.0. The SMILES string of the molecule is C[C@@H](O)[C@H](Nc1ncnc2sc3c(c12)CCCC3)C(=O)O. The van der Waals surface area contributed by atoms with Crippen LogP contribution in [0.25, 0.3) is 10.2 Å². The van der Waals surface area contributed by atoms with Crippen molar-refractivity contribution in [2.24, 2.45) is 0 Å². The molecule has 3 N–H and O–H groups in total. The number of aromatic nitrogens is 2. The minimum absolute atomic E-state index is 0.507. The Kier molecular flexibility index (Phi) is 3.77. The number of carboxylic acid groups (broad SMARTS) is 1. The predicted octanol–water partition coefficient (Wildman–Crippen LogP) is 1.82. The van der Waals surface area contributed by atoms with Crippen LogP contribution in [0.5, 0.6) is 0 Å². The summed E-state index contributed by atoms with van der Waals surface area (Å²) >= 11 is 1.66. The van der Waals surface area contributed by atoms with E-state index in [1.165, 1.54) is 30.1 Å². The highest BCUT2D eigenvalue weighted by molar-refractivity contribution is 7.19. The summed E-state index contributed by atoms with van der Waals surface area (Å²) in [5, 5.41) is 22.6. The van der Waals surface area contributed by atoms with E-state index in [-0.39, 0.29) is 0 Å². The summed E-state index contributed by atoms with van der Waals surface area (Å²) in [6.07, 6.45) is 4.77. The van der Waals surface area contributed by atoms with Crippen LogP contribution in [0.15, 0.2) is 6.33 Å². The minimum atomic E-state index is -1.10. The molecule has 0 saturated heterocycles. The summed E-state index contributed by atoms with van der Waals surface area (Å²) < 4.78 is 0. The van der Waals surface area contributed by atoms with Gasteiger partial charge in [0.25, 0.3) is 0 Å². The Morgan fingerprint density at radius 3 is 2.86 bits per heavy atom. The van der Waals surface area contributed by atoms with Gasteiger partial charge in [-0.15, -0.1) is 11.3 Å². The highest BCUT2D eigenvalue weighted by atomic mass is 32.1. The lowest BCUT2D eigenvalue weighted by Gasteiger charge is -2.19. The number of nitrogens with one attached hydrogen (secondary N) is 1. The normalized spacial score (nSPS) is 17.2. The van der Waals surface area contributed by atoms with Crippen LogP contribution in [0, 0.1) is 0 Å². The second-order valence-corrected chi connectivity index (χ2v) is 6.40. The molecule has 7 heteroatoms. The molecule has 0 radical (unpaired) electrons. The molecule has 0 saturated carbocycles. The third-order valence-electron chi connectivity index (χ3n) is 3.79. The molecule has 2 aromatic heterocycles. The number of hydrogen-bond donors (Lipinski definition) is 3. The van der Waals surface area contributed by atoms with Crippen LogP contribution >= 0.6 is 11.3 Å². The molecule has 0 fully saturated rings. The van der Waals surface area contributed by atoms with Crippen LogP contribution < -0.4 is 5.32 Å². The average Bonchev–Trinajstić information content (AvgIpc) is 2.83. The lowest BCUT2D eigenvalue weighted by atomic mass is 9.97. The van der Waals surface area contributed by atoms with Crippen LogP contribution in [-0.4, -0.2) is 38.3 Å². The van der Waals surface area contributed by atoms with Gasteiger partial charge in [0.15, 0.2) is 6.04 Å². The molecule has 0 aromatic carbocycles. The molecule has 21 heavy (non-hydrogen) atoms. The standard InChI is InChI=1S/C14H17N3O3S/c1-7(18)11(14(19)20)17-12-10-8-4-2-3-5-9(8)21-13(10)16-6-15-12/h6-7,11,18H,2-5H2,1H3,(H,19,20)(H,15,16,17)/t7-,11+/m1/s1. The smallest absolute Gasteiger partial charge is 0.328 e. The van der Waals surface area contributed by atoms with Gasteiger partial charge in [-0.05, 0) is 38.2 Å². The molecule has 0 spiro atoms. The summed E-state index contributed by atoms with van der Waals surface area (Å²) in [7, 11) is 0. The van der Waals surface area contributed by atoms with Gasteiger partial charge in [-0.3, -0.25) is 0 Å². The molecule has 2 atom stereocenters. The van der Waals surface area contributed by atoms with Gasteiger partial charge in [0.1, 0.15) is 17.0 Å². The Balaban J connectivity index is 2.06. The molecule has 112 valence electrons. The average molecular weight is 307 g/mol. The maximum Gasteiger partial charge on any atom is 0.328 e. The number of rotatable bonds is 4. The zero-order valence-corrected chi connectivity index (χ0v) is 12.5.